The monoisotopic (exact) mass is 585 g/mol. The lowest BCUT2D eigenvalue weighted by atomic mass is 10.1. The Morgan fingerprint density at radius 1 is 1.27 bits per heavy atom. The van der Waals surface area contributed by atoms with Crippen molar-refractivity contribution in [3.05, 3.63) is 87.0 Å². The molecular weight excluding hydrogens is 553 g/mol. The molecule has 212 valence electrons. The van der Waals surface area contributed by atoms with Crippen LogP contribution in [0.1, 0.15) is 43.4 Å². The average Bonchev–Trinajstić information content (AvgIpc) is 3.58. The molecule has 11 heteroatoms. The molecular formula is C29H33ClFN5O3S. The van der Waals surface area contributed by atoms with Crippen molar-refractivity contribution in [1.29, 1.82) is 0 Å². The molecule has 0 unspecified atom stereocenters. The van der Waals surface area contributed by atoms with Crippen molar-refractivity contribution in [3.8, 4) is 0 Å². The first-order valence-electron chi connectivity index (χ1n) is 13.0. The first-order chi connectivity index (χ1) is 19.4. The number of carbonyl (C=O) groups excluding carboxylic acids is 1. The summed E-state index contributed by atoms with van der Waals surface area (Å²) in [6, 6.07) is 8.26. The van der Waals surface area contributed by atoms with Crippen molar-refractivity contribution < 1.29 is 13.6 Å². The number of thiophene rings is 1. The van der Waals surface area contributed by atoms with Crippen molar-refractivity contribution >= 4 is 50.4 Å². The topological polar surface area (TPSA) is 101 Å². The van der Waals surface area contributed by atoms with E-state index in [2.05, 4.69) is 34.3 Å². The summed E-state index contributed by atoms with van der Waals surface area (Å²) in [7, 11) is 0. The number of aromatic nitrogens is 2. The summed E-state index contributed by atoms with van der Waals surface area (Å²) in [4.78, 5) is 34.0. The van der Waals surface area contributed by atoms with Crippen molar-refractivity contribution in [2.75, 3.05) is 25.0 Å². The molecule has 0 atom stereocenters. The minimum atomic E-state index is -0.430. The van der Waals surface area contributed by atoms with Gasteiger partial charge in [-0.1, -0.05) is 43.1 Å². The van der Waals surface area contributed by atoms with Gasteiger partial charge in [-0.25, -0.2) is 14.4 Å². The van der Waals surface area contributed by atoms with Gasteiger partial charge in [0, 0.05) is 23.7 Å². The summed E-state index contributed by atoms with van der Waals surface area (Å²) in [6.07, 6.45) is 9.50. The largest absolute Gasteiger partial charge is 0.468 e. The summed E-state index contributed by atoms with van der Waals surface area (Å²) < 4.78 is 18.6. The van der Waals surface area contributed by atoms with Gasteiger partial charge < -0.3 is 9.73 Å². The van der Waals surface area contributed by atoms with Crippen molar-refractivity contribution in [2.24, 2.45) is 5.18 Å². The number of hydrogen-bond donors (Lipinski definition) is 1. The first kappa shape index (κ1) is 31.1. The van der Waals surface area contributed by atoms with Crippen LogP contribution in [0, 0.1) is 10.7 Å². The predicted octanol–water partition coefficient (Wildman–Crippen LogP) is 7.74. The van der Waals surface area contributed by atoms with Crippen LogP contribution in [0.15, 0.2) is 64.7 Å². The molecule has 0 aliphatic carbocycles. The van der Waals surface area contributed by atoms with Crippen LogP contribution in [-0.4, -0.2) is 40.3 Å². The Morgan fingerprint density at radius 3 is 2.75 bits per heavy atom. The predicted molar refractivity (Wildman–Crippen MR) is 160 cm³/mol. The fourth-order valence-electron chi connectivity index (χ4n) is 4.05. The Morgan fingerprint density at radius 2 is 2.10 bits per heavy atom. The highest BCUT2D eigenvalue weighted by atomic mass is 35.5. The Kier molecular flexibility index (Phi) is 12.4. The van der Waals surface area contributed by atoms with E-state index in [1.807, 2.05) is 17.0 Å². The molecule has 0 radical (unpaired) electrons. The Balaban J connectivity index is 0.000000232. The molecule has 0 spiro atoms. The zero-order valence-corrected chi connectivity index (χ0v) is 24.4. The van der Waals surface area contributed by atoms with E-state index in [-0.39, 0.29) is 17.4 Å². The number of carbonyl (C=O) groups is 1. The van der Waals surface area contributed by atoms with Crippen LogP contribution >= 0.6 is 22.9 Å². The highest BCUT2D eigenvalue weighted by molar-refractivity contribution is 7.18. The molecule has 3 aromatic heterocycles. The molecule has 8 nitrogen and oxygen atoms in total. The average molecular weight is 586 g/mol. The van der Waals surface area contributed by atoms with Gasteiger partial charge in [-0.2, -0.15) is 4.91 Å². The van der Waals surface area contributed by atoms with Crippen LogP contribution in [0.2, 0.25) is 5.02 Å². The van der Waals surface area contributed by atoms with E-state index in [0.29, 0.717) is 25.3 Å². The van der Waals surface area contributed by atoms with Gasteiger partial charge in [-0.3, -0.25) is 9.69 Å². The lowest BCUT2D eigenvalue weighted by Crippen LogP contribution is -2.26. The van der Waals surface area contributed by atoms with E-state index in [1.54, 1.807) is 42.1 Å². The SMILES string of the molecule is CC(=O)/C=C/CN(CCN=O)Cc1ccco1.CCCc1c(CC)sc2ncnc(Nc3ccc(F)c(Cl)c3)c12. The Bertz CT molecular complexity index is 1420. The standard InChI is InChI=1S/C17H17ClFN3S.C12H16N2O3/c1-3-5-11-14(4-2)23-17-15(11)16(20-9-21-17)22-10-6-7-13(19)12(18)8-10;1-11(15)4-2-7-14(8-6-13-16)10-12-5-3-9-17-12/h6-9H,3-5H2,1-2H3,(H,20,21,22);2-5,9H,6-8,10H2,1H3/b;4-2+. The number of ketones is 1. The number of fused-ring (bicyclic) bond motifs is 1. The molecule has 0 amide bonds. The zero-order chi connectivity index (χ0) is 28.9. The number of nitrogens with zero attached hydrogens (tertiary/aromatic N) is 4. The van der Waals surface area contributed by atoms with Crippen molar-refractivity contribution in [1.82, 2.24) is 14.9 Å². The third-order valence-corrected chi connectivity index (χ3v) is 7.43. The molecule has 0 saturated carbocycles. The maximum Gasteiger partial charge on any atom is 0.152 e. The molecule has 40 heavy (non-hydrogen) atoms. The first-order valence-corrected chi connectivity index (χ1v) is 14.2. The number of benzene rings is 1. The highest BCUT2D eigenvalue weighted by Gasteiger charge is 2.16. The molecule has 1 aromatic carbocycles. The fraction of sp³-hybridized carbons (Fsp3) is 0.345. The second-order valence-corrected chi connectivity index (χ2v) is 10.4. The number of rotatable bonds is 13. The second-order valence-electron chi connectivity index (χ2n) is 8.94. The minimum Gasteiger partial charge on any atom is -0.468 e. The van der Waals surface area contributed by atoms with Crippen LogP contribution in [0.5, 0.6) is 0 Å². The van der Waals surface area contributed by atoms with E-state index in [9.17, 15) is 14.1 Å². The van der Waals surface area contributed by atoms with Gasteiger partial charge in [0.25, 0.3) is 0 Å². The molecule has 1 N–H and O–H groups in total. The molecule has 4 aromatic rings. The van der Waals surface area contributed by atoms with Gasteiger partial charge in [0.05, 0.1) is 29.8 Å². The van der Waals surface area contributed by atoms with Crippen molar-refractivity contribution in [3.63, 3.8) is 0 Å². The zero-order valence-electron chi connectivity index (χ0n) is 22.8. The van der Waals surface area contributed by atoms with Gasteiger partial charge in [0.2, 0.25) is 0 Å². The minimum absolute atomic E-state index is 0.0106. The van der Waals surface area contributed by atoms with Crippen LogP contribution in [0.25, 0.3) is 10.2 Å². The fourth-order valence-corrected chi connectivity index (χ4v) is 5.36. The highest BCUT2D eigenvalue weighted by Crippen LogP contribution is 2.36. The Hall–Kier alpha value is -3.47. The summed E-state index contributed by atoms with van der Waals surface area (Å²) >= 11 is 7.58. The lowest BCUT2D eigenvalue weighted by Gasteiger charge is -2.17. The van der Waals surface area contributed by atoms with E-state index < -0.39 is 5.82 Å². The molecule has 0 aliphatic rings. The van der Waals surface area contributed by atoms with Gasteiger partial charge in [0.1, 0.15) is 28.6 Å². The second kappa shape index (κ2) is 16.0. The molecule has 4 rings (SSSR count). The van der Waals surface area contributed by atoms with Crippen LogP contribution < -0.4 is 5.32 Å². The summed E-state index contributed by atoms with van der Waals surface area (Å²) in [5.74, 6) is 1.15. The number of allylic oxidation sites excluding steroid dienone is 1. The maximum atomic E-state index is 13.3. The smallest absolute Gasteiger partial charge is 0.152 e. The lowest BCUT2D eigenvalue weighted by molar-refractivity contribution is -0.112. The normalized spacial score (nSPS) is 11.2. The van der Waals surface area contributed by atoms with E-state index in [4.69, 9.17) is 16.0 Å². The molecule has 0 aliphatic heterocycles. The van der Waals surface area contributed by atoms with Gasteiger partial charge in [-0.15, -0.1) is 11.3 Å². The summed E-state index contributed by atoms with van der Waals surface area (Å²) in [5.41, 5.74) is 2.02. The van der Waals surface area contributed by atoms with Crippen molar-refractivity contribution in [2.45, 2.75) is 46.6 Å². The third-order valence-electron chi connectivity index (χ3n) is 5.86. The number of aryl methyl sites for hydroxylation is 2. The van der Waals surface area contributed by atoms with Crippen LogP contribution in [0.4, 0.5) is 15.9 Å². The van der Waals surface area contributed by atoms with Gasteiger partial charge >= 0.3 is 0 Å². The van der Waals surface area contributed by atoms with Crippen LogP contribution in [0.3, 0.4) is 0 Å². The number of hydrogen-bond acceptors (Lipinski definition) is 9. The Labute approximate surface area is 242 Å². The number of nitroso groups, excluding NO2 is 1. The molecule has 0 fully saturated rings. The number of nitrogens with one attached hydrogen (secondary N) is 1. The van der Waals surface area contributed by atoms with Gasteiger partial charge in [0.15, 0.2) is 5.78 Å². The summed E-state index contributed by atoms with van der Waals surface area (Å²) in [6.45, 7) is 7.80. The number of halogens is 2. The molecule has 3 heterocycles. The number of furan rings is 1. The molecule has 0 bridgehead atoms. The summed E-state index contributed by atoms with van der Waals surface area (Å²) in [5, 5.41) is 7.25. The number of anilines is 2. The van der Waals surface area contributed by atoms with Crippen LogP contribution in [-0.2, 0) is 24.2 Å². The van der Waals surface area contributed by atoms with Gasteiger partial charge in [-0.05, 0) is 61.7 Å². The van der Waals surface area contributed by atoms with E-state index in [1.165, 1.54) is 29.5 Å². The third kappa shape index (κ3) is 9.04. The van der Waals surface area contributed by atoms with E-state index >= 15 is 0 Å². The quantitative estimate of drug-likeness (QED) is 0.126. The maximum absolute atomic E-state index is 13.3. The molecule has 0 saturated heterocycles. The van der Waals surface area contributed by atoms with E-state index in [0.717, 1.165) is 41.1 Å².